The van der Waals surface area contributed by atoms with Crippen LogP contribution in [0, 0.1) is 0 Å². The van der Waals surface area contributed by atoms with Gasteiger partial charge in [0.25, 0.3) is 5.56 Å². The molecule has 1 aromatic carbocycles. The van der Waals surface area contributed by atoms with Gasteiger partial charge in [0.05, 0.1) is 0 Å². The molecule has 21 heavy (non-hydrogen) atoms. The third-order valence-electron chi connectivity index (χ3n) is 3.75. The molecule has 0 saturated heterocycles. The van der Waals surface area contributed by atoms with Crippen LogP contribution in [0.5, 0.6) is 0 Å². The van der Waals surface area contributed by atoms with E-state index in [9.17, 15) is 14.4 Å². The number of amides is 1. The summed E-state index contributed by atoms with van der Waals surface area (Å²) < 4.78 is 2.25. The fourth-order valence-corrected chi connectivity index (χ4v) is 2.56. The van der Waals surface area contributed by atoms with Crippen LogP contribution < -0.4 is 16.1 Å². The van der Waals surface area contributed by atoms with Gasteiger partial charge in [0.2, 0.25) is 5.91 Å². The van der Waals surface area contributed by atoms with Crippen molar-refractivity contribution in [2.24, 2.45) is 7.05 Å². The zero-order valence-electron chi connectivity index (χ0n) is 11.7. The second-order valence-corrected chi connectivity index (χ2v) is 5.05. The highest BCUT2D eigenvalue weighted by molar-refractivity contribution is 5.95. The molecular formula is C15H15N3O3. The number of carbonyl (C=O) groups excluding carboxylic acids is 1. The summed E-state index contributed by atoms with van der Waals surface area (Å²) in [5.41, 5.74) is 1.18. The van der Waals surface area contributed by atoms with Crippen LogP contribution in [-0.2, 0) is 24.8 Å². The molecule has 0 unspecified atom stereocenters. The number of anilines is 1. The number of fused-ring (bicyclic) bond motifs is 1. The number of nitrogens with zero attached hydrogens (tertiary/aromatic N) is 3. The fourth-order valence-electron chi connectivity index (χ4n) is 2.56. The lowest BCUT2D eigenvalue weighted by molar-refractivity contribution is -0.119. The van der Waals surface area contributed by atoms with Crippen LogP contribution in [0.15, 0.2) is 46.1 Å². The first-order chi connectivity index (χ1) is 10.1. The van der Waals surface area contributed by atoms with Crippen LogP contribution in [0.1, 0.15) is 5.56 Å². The van der Waals surface area contributed by atoms with Gasteiger partial charge in [0, 0.05) is 31.5 Å². The Hall–Kier alpha value is -2.63. The van der Waals surface area contributed by atoms with E-state index >= 15 is 0 Å². The number of hydrogen-bond donors (Lipinski definition) is 0. The second-order valence-electron chi connectivity index (χ2n) is 5.05. The summed E-state index contributed by atoms with van der Waals surface area (Å²) in [7, 11) is 1.40. The van der Waals surface area contributed by atoms with Gasteiger partial charge in [0.15, 0.2) is 0 Å². The Morgan fingerprint density at radius 3 is 2.76 bits per heavy atom. The van der Waals surface area contributed by atoms with Gasteiger partial charge in [-0.1, -0.05) is 18.2 Å². The van der Waals surface area contributed by atoms with Crippen LogP contribution in [0.25, 0.3) is 0 Å². The van der Waals surface area contributed by atoms with Crippen LogP contribution in [-0.4, -0.2) is 21.6 Å². The number of carbonyl (C=O) groups is 1. The van der Waals surface area contributed by atoms with Gasteiger partial charge < -0.3 is 4.90 Å². The Morgan fingerprint density at radius 2 is 1.95 bits per heavy atom. The molecule has 1 aromatic heterocycles. The average Bonchev–Trinajstić information content (AvgIpc) is 2.92. The Labute approximate surface area is 120 Å². The number of aromatic nitrogens is 2. The molecule has 6 nitrogen and oxygen atoms in total. The largest absolute Gasteiger partial charge is 0.331 e. The number of rotatable bonds is 2. The first-order valence-corrected chi connectivity index (χ1v) is 6.72. The van der Waals surface area contributed by atoms with E-state index in [-0.39, 0.29) is 18.0 Å². The molecule has 2 heterocycles. The van der Waals surface area contributed by atoms with Crippen LogP contribution in [0.4, 0.5) is 5.69 Å². The Kier molecular flexibility index (Phi) is 3.21. The summed E-state index contributed by atoms with van der Waals surface area (Å²) in [6, 6.07) is 9.03. The summed E-state index contributed by atoms with van der Waals surface area (Å²) in [5.74, 6) is -0.152. The summed E-state index contributed by atoms with van der Waals surface area (Å²) >= 11 is 0. The standard InChI is InChI=1S/C15H15N3O3/c1-16-13(19)7-8-17(15(16)21)10-14(20)18-9-6-11-4-2-3-5-12(11)18/h2-5,7-8H,6,9-10H2,1H3. The Balaban J connectivity index is 1.87. The van der Waals surface area contributed by atoms with Gasteiger partial charge in [-0.2, -0.15) is 0 Å². The van der Waals surface area contributed by atoms with Crippen molar-refractivity contribution in [2.45, 2.75) is 13.0 Å². The van der Waals surface area contributed by atoms with Crippen molar-refractivity contribution in [1.82, 2.24) is 9.13 Å². The molecule has 6 heteroatoms. The predicted molar refractivity (Wildman–Crippen MR) is 78.4 cm³/mol. The average molecular weight is 285 g/mol. The molecule has 0 bridgehead atoms. The Morgan fingerprint density at radius 1 is 1.19 bits per heavy atom. The minimum absolute atomic E-state index is 0.0682. The van der Waals surface area contributed by atoms with Crippen molar-refractivity contribution in [3.63, 3.8) is 0 Å². The first-order valence-electron chi connectivity index (χ1n) is 6.72. The number of hydrogen-bond acceptors (Lipinski definition) is 3. The summed E-state index contributed by atoms with van der Waals surface area (Å²) in [5, 5.41) is 0. The van der Waals surface area contributed by atoms with Gasteiger partial charge in [-0.05, 0) is 18.1 Å². The van der Waals surface area contributed by atoms with E-state index < -0.39 is 5.69 Å². The lowest BCUT2D eigenvalue weighted by Crippen LogP contribution is -2.41. The monoisotopic (exact) mass is 285 g/mol. The lowest BCUT2D eigenvalue weighted by Gasteiger charge is -2.18. The molecule has 1 amide bonds. The Bertz CT molecular complexity index is 819. The molecule has 0 spiro atoms. The highest BCUT2D eigenvalue weighted by Gasteiger charge is 2.24. The smallest absolute Gasteiger partial charge is 0.310 e. The number of para-hydroxylation sites is 1. The van der Waals surface area contributed by atoms with E-state index in [1.54, 1.807) is 4.90 Å². The molecule has 0 radical (unpaired) electrons. The van der Waals surface area contributed by atoms with E-state index in [4.69, 9.17) is 0 Å². The zero-order chi connectivity index (χ0) is 15.0. The molecule has 1 aliphatic rings. The summed E-state index contributed by atoms with van der Waals surface area (Å²) in [4.78, 5) is 37.4. The van der Waals surface area contributed by atoms with E-state index in [0.29, 0.717) is 6.54 Å². The molecule has 1 aliphatic heterocycles. The zero-order valence-corrected chi connectivity index (χ0v) is 11.7. The minimum Gasteiger partial charge on any atom is -0.310 e. The fraction of sp³-hybridized carbons (Fsp3) is 0.267. The van der Waals surface area contributed by atoms with Gasteiger partial charge in [-0.3, -0.25) is 18.7 Å². The van der Waals surface area contributed by atoms with Crippen LogP contribution in [0.3, 0.4) is 0 Å². The van der Waals surface area contributed by atoms with Crippen molar-refractivity contribution < 1.29 is 4.79 Å². The first kappa shape index (κ1) is 13.4. The molecule has 0 N–H and O–H groups in total. The van der Waals surface area contributed by atoms with Gasteiger partial charge in [-0.15, -0.1) is 0 Å². The summed E-state index contributed by atoms with van der Waals surface area (Å²) in [6.07, 6.45) is 2.19. The SMILES string of the molecule is Cn1c(=O)ccn(CC(=O)N2CCc3ccccc32)c1=O. The highest BCUT2D eigenvalue weighted by Crippen LogP contribution is 2.27. The van der Waals surface area contributed by atoms with Crippen LogP contribution >= 0.6 is 0 Å². The van der Waals surface area contributed by atoms with Crippen molar-refractivity contribution in [1.29, 1.82) is 0 Å². The maximum absolute atomic E-state index is 12.4. The van der Waals surface area contributed by atoms with Gasteiger partial charge >= 0.3 is 5.69 Å². The maximum atomic E-state index is 12.4. The third-order valence-corrected chi connectivity index (χ3v) is 3.75. The van der Waals surface area contributed by atoms with Crippen molar-refractivity contribution in [3.05, 3.63) is 62.9 Å². The minimum atomic E-state index is -0.483. The molecule has 0 saturated carbocycles. The normalized spacial score (nSPS) is 13.3. The van der Waals surface area contributed by atoms with E-state index in [2.05, 4.69) is 0 Å². The van der Waals surface area contributed by atoms with Crippen molar-refractivity contribution in [2.75, 3.05) is 11.4 Å². The van der Waals surface area contributed by atoms with E-state index in [1.165, 1.54) is 23.9 Å². The highest BCUT2D eigenvalue weighted by atomic mass is 16.2. The molecule has 0 aliphatic carbocycles. The topological polar surface area (TPSA) is 64.3 Å². The quantitative estimate of drug-likeness (QED) is 0.788. The molecule has 108 valence electrons. The molecule has 0 atom stereocenters. The maximum Gasteiger partial charge on any atom is 0.331 e. The van der Waals surface area contributed by atoms with Crippen molar-refractivity contribution in [3.8, 4) is 0 Å². The van der Waals surface area contributed by atoms with Crippen LogP contribution in [0.2, 0.25) is 0 Å². The molecular weight excluding hydrogens is 270 g/mol. The molecule has 2 aromatic rings. The molecule has 3 rings (SSSR count). The molecule has 0 fully saturated rings. The van der Waals surface area contributed by atoms with Gasteiger partial charge in [-0.25, -0.2) is 4.79 Å². The van der Waals surface area contributed by atoms with Crippen molar-refractivity contribution >= 4 is 11.6 Å². The second kappa shape index (κ2) is 5.05. The summed E-state index contributed by atoms with van der Waals surface area (Å²) in [6.45, 7) is 0.556. The lowest BCUT2D eigenvalue weighted by atomic mass is 10.2. The third kappa shape index (κ3) is 2.29. The van der Waals surface area contributed by atoms with E-state index in [1.807, 2.05) is 24.3 Å². The van der Waals surface area contributed by atoms with E-state index in [0.717, 1.165) is 22.2 Å². The van der Waals surface area contributed by atoms with Gasteiger partial charge in [0.1, 0.15) is 6.54 Å². The number of benzene rings is 1. The predicted octanol–water partition coefficient (Wildman–Crippen LogP) is 0.136.